The molecule has 3 heterocycles. The Balaban J connectivity index is 1.25. The van der Waals surface area contributed by atoms with Crippen LogP contribution in [0.1, 0.15) is 44.2 Å². The van der Waals surface area contributed by atoms with Gasteiger partial charge in [0.15, 0.2) is 0 Å². The molecule has 4 heteroatoms. The molecule has 4 rings (SSSR count). The Bertz CT molecular complexity index is 481. The second-order valence-electron chi connectivity index (χ2n) is 7.07. The van der Waals surface area contributed by atoms with Crippen molar-refractivity contribution >= 4 is 0 Å². The standard InChI is InChI=1S/C18H26N2O2/c1-2-9-19-15(4-1)13-21-17-12-18(22-14-17)7-10-20(11-8-18)16-5-3-6-16/h1-2,4,9,16-17H,3,5-8,10-14H2. The topological polar surface area (TPSA) is 34.6 Å². The van der Waals surface area contributed by atoms with Gasteiger partial charge in [0, 0.05) is 31.7 Å². The molecule has 1 atom stereocenters. The second kappa shape index (κ2) is 6.26. The number of nitrogens with zero attached hydrogens (tertiary/aromatic N) is 2. The van der Waals surface area contributed by atoms with Gasteiger partial charge in [-0.3, -0.25) is 4.98 Å². The van der Waals surface area contributed by atoms with Crippen LogP contribution in [0.2, 0.25) is 0 Å². The molecule has 1 spiro atoms. The third kappa shape index (κ3) is 3.05. The minimum absolute atomic E-state index is 0.0923. The van der Waals surface area contributed by atoms with Gasteiger partial charge < -0.3 is 14.4 Å². The summed E-state index contributed by atoms with van der Waals surface area (Å²) < 4.78 is 12.2. The highest BCUT2D eigenvalue weighted by Crippen LogP contribution is 2.39. The van der Waals surface area contributed by atoms with Crippen molar-refractivity contribution in [3.05, 3.63) is 30.1 Å². The van der Waals surface area contributed by atoms with Crippen LogP contribution in [-0.2, 0) is 16.1 Å². The summed E-state index contributed by atoms with van der Waals surface area (Å²) in [5.41, 5.74) is 1.10. The highest BCUT2D eigenvalue weighted by molar-refractivity contribution is 5.02. The van der Waals surface area contributed by atoms with Crippen LogP contribution in [0.4, 0.5) is 0 Å². The normalized spacial score (nSPS) is 28.8. The Morgan fingerprint density at radius 3 is 2.82 bits per heavy atom. The zero-order chi connectivity index (χ0) is 14.8. The van der Waals surface area contributed by atoms with E-state index in [-0.39, 0.29) is 11.7 Å². The van der Waals surface area contributed by atoms with Crippen molar-refractivity contribution in [3.63, 3.8) is 0 Å². The molecule has 1 aliphatic carbocycles. The summed E-state index contributed by atoms with van der Waals surface area (Å²) in [5.74, 6) is 0. The zero-order valence-corrected chi connectivity index (χ0v) is 13.2. The summed E-state index contributed by atoms with van der Waals surface area (Å²) in [7, 11) is 0. The van der Waals surface area contributed by atoms with E-state index in [4.69, 9.17) is 9.47 Å². The molecule has 22 heavy (non-hydrogen) atoms. The second-order valence-corrected chi connectivity index (χ2v) is 7.07. The van der Waals surface area contributed by atoms with Crippen molar-refractivity contribution in [1.82, 2.24) is 9.88 Å². The highest BCUT2D eigenvalue weighted by atomic mass is 16.6. The predicted molar refractivity (Wildman–Crippen MR) is 84.6 cm³/mol. The lowest BCUT2D eigenvalue weighted by Crippen LogP contribution is -2.50. The summed E-state index contributed by atoms with van der Waals surface area (Å²) in [4.78, 5) is 7.00. The van der Waals surface area contributed by atoms with Gasteiger partial charge in [0.25, 0.3) is 0 Å². The molecule has 120 valence electrons. The lowest BCUT2D eigenvalue weighted by Gasteiger charge is -2.45. The molecule has 1 aromatic rings. The number of rotatable bonds is 4. The fourth-order valence-corrected chi connectivity index (χ4v) is 3.99. The van der Waals surface area contributed by atoms with Crippen LogP contribution in [-0.4, -0.2) is 47.3 Å². The molecule has 1 unspecified atom stereocenters. The molecule has 0 radical (unpaired) electrons. The molecule has 3 fully saturated rings. The molecule has 2 aliphatic heterocycles. The van der Waals surface area contributed by atoms with E-state index in [2.05, 4.69) is 9.88 Å². The van der Waals surface area contributed by atoms with Crippen molar-refractivity contribution in [3.8, 4) is 0 Å². The molecule has 4 nitrogen and oxygen atoms in total. The zero-order valence-electron chi connectivity index (χ0n) is 13.2. The molecule has 2 saturated heterocycles. The fraction of sp³-hybridized carbons (Fsp3) is 0.722. The Morgan fingerprint density at radius 1 is 1.27 bits per heavy atom. The van der Waals surface area contributed by atoms with Crippen LogP contribution in [0.25, 0.3) is 0 Å². The third-order valence-electron chi connectivity index (χ3n) is 5.67. The van der Waals surface area contributed by atoms with Gasteiger partial charge in [-0.15, -0.1) is 0 Å². The van der Waals surface area contributed by atoms with Gasteiger partial charge >= 0.3 is 0 Å². The number of aromatic nitrogens is 1. The summed E-state index contributed by atoms with van der Waals surface area (Å²) in [6.45, 7) is 3.75. The van der Waals surface area contributed by atoms with Crippen molar-refractivity contribution in [2.24, 2.45) is 0 Å². The van der Waals surface area contributed by atoms with Crippen LogP contribution in [0.15, 0.2) is 24.4 Å². The smallest absolute Gasteiger partial charge is 0.0892 e. The van der Waals surface area contributed by atoms with Gasteiger partial charge in [-0.1, -0.05) is 12.5 Å². The Labute approximate surface area is 132 Å². The van der Waals surface area contributed by atoms with Gasteiger partial charge in [0.1, 0.15) is 0 Å². The van der Waals surface area contributed by atoms with E-state index in [0.29, 0.717) is 6.61 Å². The molecule has 0 N–H and O–H groups in total. The van der Waals surface area contributed by atoms with Gasteiger partial charge in [-0.25, -0.2) is 0 Å². The molecular formula is C18H26N2O2. The number of pyridine rings is 1. The summed E-state index contributed by atoms with van der Waals surface area (Å²) >= 11 is 0. The maximum absolute atomic E-state index is 6.19. The number of hydrogen-bond donors (Lipinski definition) is 0. The number of likely N-dealkylation sites (tertiary alicyclic amines) is 1. The Morgan fingerprint density at radius 2 is 2.14 bits per heavy atom. The maximum atomic E-state index is 6.19. The van der Waals surface area contributed by atoms with E-state index in [1.165, 1.54) is 45.2 Å². The van der Waals surface area contributed by atoms with E-state index in [1.807, 2.05) is 24.4 Å². The van der Waals surface area contributed by atoms with E-state index >= 15 is 0 Å². The minimum atomic E-state index is 0.0923. The summed E-state index contributed by atoms with van der Waals surface area (Å²) in [6.07, 6.45) is 9.69. The average molecular weight is 302 g/mol. The number of piperidine rings is 1. The molecule has 0 amide bonds. The quantitative estimate of drug-likeness (QED) is 0.856. The first-order valence-electron chi connectivity index (χ1n) is 8.73. The minimum Gasteiger partial charge on any atom is -0.372 e. The number of ether oxygens (including phenoxy) is 2. The Kier molecular flexibility index (Phi) is 4.16. The van der Waals surface area contributed by atoms with E-state index in [1.54, 1.807) is 0 Å². The molecule has 1 aromatic heterocycles. The van der Waals surface area contributed by atoms with Crippen molar-refractivity contribution in [2.75, 3.05) is 19.7 Å². The van der Waals surface area contributed by atoms with Gasteiger partial charge in [-0.05, 0) is 37.8 Å². The lowest BCUT2D eigenvalue weighted by molar-refractivity contribution is -0.0585. The maximum Gasteiger partial charge on any atom is 0.0892 e. The largest absolute Gasteiger partial charge is 0.372 e. The lowest BCUT2D eigenvalue weighted by atomic mass is 9.84. The molecule has 3 aliphatic rings. The first kappa shape index (κ1) is 14.6. The van der Waals surface area contributed by atoms with Gasteiger partial charge in [0.05, 0.1) is 30.6 Å². The van der Waals surface area contributed by atoms with Gasteiger partial charge in [-0.2, -0.15) is 0 Å². The van der Waals surface area contributed by atoms with Crippen molar-refractivity contribution < 1.29 is 9.47 Å². The SMILES string of the molecule is c1ccc(COC2COC3(CCN(C4CCC4)CC3)C2)nc1. The van der Waals surface area contributed by atoms with Crippen LogP contribution in [0.3, 0.4) is 0 Å². The molecule has 0 bridgehead atoms. The number of hydrogen-bond acceptors (Lipinski definition) is 4. The molecule has 1 saturated carbocycles. The first-order chi connectivity index (χ1) is 10.8. The molecular weight excluding hydrogens is 276 g/mol. The monoisotopic (exact) mass is 302 g/mol. The molecule has 0 aromatic carbocycles. The van der Waals surface area contributed by atoms with Crippen LogP contribution >= 0.6 is 0 Å². The average Bonchev–Trinajstić information content (AvgIpc) is 2.90. The Hall–Kier alpha value is -0.970. The fourth-order valence-electron chi connectivity index (χ4n) is 3.99. The van der Waals surface area contributed by atoms with Crippen LogP contribution < -0.4 is 0 Å². The van der Waals surface area contributed by atoms with Crippen LogP contribution in [0, 0.1) is 0 Å². The van der Waals surface area contributed by atoms with Crippen molar-refractivity contribution in [1.29, 1.82) is 0 Å². The third-order valence-corrected chi connectivity index (χ3v) is 5.67. The summed E-state index contributed by atoms with van der Waals surface area (Å²) in [5, 5.41) is 0. The van der Waals surface area contributed by atoms with E-state index in [0.717, 1.165) is 24.8 Å². The van der Waals surface area contributed by atoms with Crippen molar-refractivity contribution in [2.45, 2.75) is 62.9 Å². The van der Waals surface area contributed by atoms with E-state index < -0.39 is 0 Å². The highest BCUT2D eigenvalue weighted by Gasteiger charge is 2.44. The summed E-state index contributed by atoms with van der Waals surface area (Å²) in [6, 6.07) is 6.83. The van der Waals surface area contributed by atoms with E-state index in [9.17, 15) is 0 Å². The first-order valence-corrected chi connectivity index (χ1v) is 8.73. The van der Waals surface area contributed by atoms with Gasteiger partial charge in [0.2, 0.25) is 0 Å². The van der Waals surface area contributed by atoms with Crippen LogP contribution in [0.5, 0.6) is 0 Å². The predicted octanol–water partition coefficient (Wildman–Crippen LogP) is 2.77.